The molecule has 1 fully saturated rings. The maximum Gasteiger partial charge on any atom is 0.0874 e. The molecule has 0 aliphatic carbocycles. The van der Waals surface area contributed by atoms with Gasteiger partial charge < -0.3 is 15.3 Å². The number of hydrogen-bond donors (Lipinski definition) is 3. The van der Waals surface area contributed by atoms with Crippen molar-refractivity contribution in [2.24, 2.45) is 0 Å². The van der Waals surface area contributed by atoms with Crippen molar-refractivity contribution in [2.45, 2.75) is 57.3 Å². The lowest BCUT2D eigenvalue weighted by atomic mass is 9.74. The second kappa shape index (κ2) is 6.06. The van der Waals surface area contributed by atoms with Gasteiger partial charge in [-0.2, -0.15) is 0 Å². The first-order chi connectivity index (χ1) is 8.68. The molecule has 0 aromatic carbocycles. The van der Waals surface area contributed by atoms with Gasteiger partial charge in [-0.25, -0.2) is 0 Å². The molecule has 1 aliphatic rings. The van der Waals surface area contributed by atoms with Gasteiger partial charge in [-0.15, -0.1) is 0 Å². The number of likely N-dealkylation sites (N-methyl/N-ethyl adjacent to an activating group) is 1. The first-order valence-electron chi connectivity index (χ1n) is 7.06. The van der Waals surface area contributed by atoms with Crippen LogP contribution in [-0.4, -0.2) is 81.7 Å². The van der Waals surface area contributed by atoms with Crippen molar-refractivity contribution in [3.63, 3.8) is 0 Å². The fraction of sp³-hybridized carbons (Fsp3) is 1.00. The topological polar surface area (TPSA) is 67.2 Å². The fourth-order valence-electron chi connectivity index (χ4n) is 3.24. The van der Waals surface area contributed by atoms with Crippen LogP contribution in [-0.2, 0) is 0 Å². The van der Waals surface area contributed by atoms with Gasteiger partial charge in [0.25, 0.3) is 0 Å². The average molecular weight is 274 g/mol. The van der Waals surface area contributed by atoms with Crippen molar-refractivity contribution in [1.29, 1.82) is 0 Å². The second-order valence-corrected chi connectivity index (χ2v) is 6.72. The van der Waals surface area contributed by atoms with Gasteiger partial charge in [-0.05, 0) is 41.2 Å². The van der Waals surface area contributed by atoms with E-state index in [1.807, 2.05) is 25.8 Å². The van der Waals surface area contributed by atoms with E-state index in [2.05, 4.69) is 18.7 Å². The molecule has 1 heterocycles. The fourth-order valence-corrected chi connectivity index (χ4v) is 3.24. The molecule has 0 radical (unpaired) electrons. The summed E-state index contributed by atoms with van der Waals surface area (Å²) < 4.78 is 0. The Morgan fingerprint density at radius 2 is 1.58 bits per heavy atom. The van der Waals surface area contributed by atoms with Gasteiger partial charge in [0, 0.05) is 30.2 Å². The summed E-state index contributed by atoms with van der Waals surface area (Å²) in [5.41, 5.74) is -0.369. The summed E-state index contributed by atoms with van der Waals surface area (Å²) in [6.45, 7) is 9.48. The minimum Gasteiger partial charge on any atom is -0.395 e. The highest BCUT2D eigenvalue weighted by atomic mass is 16.3. The third-order valence-corrected chi connectivity index (χ3v) is 4.81. The molecule has 5 nitrogen and oxygen atoms in total. The van der Waals surface area contributed by atoms with Crippen LogP contribution in [0.4, 0.5) is 0 Å². The second-order valence-electron chi connectivity index (χ2n) is 6.72. The van der Waals surface area contributed by atoms with Crippen molar-refractivity contribution in [3.8, 4) is 0 Å². The molecule has 2 unspecified atom stereocenters. The molecule has 0 amide bonds. The predicted molar refractivity (Wildman–Crippen MR) is 76.1 cm³/mol. The van der Waals surface area contributed by atoms with Crippen molar-refractivity contribution in [3.05, 3.63) is 0 Å². The number of aliphatic hydroxyl groups is 3. The smallest absolute Gasteiger partial charge is 0.0874 e. The van der Waals surface area contributed by atoms with Crippen molar-refractivity contribution in [2.75, 3.05) is 33.4 Å². The number of nitrogens with zero attached hydrogens (tertiary/aromatic N) is 2. The van der Waals surface area contributed by atoms with Gasteiger partial charge >= 0.3 is 0 Å². The SMILES string of the molecule is CN1C(C)(C)CC(N(CCO)CCO)C(O)C1(C)C. The van der Waals surface area contributed by atoms with E-state index in [1.165, 1.54) is 0 Å². The lowest BCUT2D eigenvalue weighted by Gasteiger charge is -2.58. The summed E-state index contributed by atoms with van der Waals surface area (Å²) in [5.74, 6) is 0. The molecule has 1 rings (SSSR count). The Morgan fingerprint density at radius 3 is 2.00 bits per heavy atom. The molecule has 19 heavy (non-hydrogen) atoms. The van der Waals surface area contributed by atoms with Crippen LogP contribution in [0.2, 0.25) is 0 Å². The minimum atomic E-state index is -0.511. The summed E-state index contributed by atoms with van der Waals surface area (Å²) in [6, 6.07) is -0.0412. The molecule has 1 aliphatic heterocycles. The van der Waals surface area contributed by atoms with Crippen molar-refractivity contribution < 1.29 is 15.3 Å². The highest BCUT2D eigenvalue weighted by Gasteiger charge is 2.50. The van der Waals surface area contributed by atoms with Gasteiger partial charge in [0.15, 0.2) is 0 Å². The zero-order valence-electron chi connectivity index (χ0n) is 12.9. The van der Waals surface area contributed by atoms with E-state index in [0.29, 0.717) is 13.1 Å². The van der Waals surface area contributed by atoms with Crippen molar-refractivity contribution >= 4 is 0 Å². The quantitative estimate of drug-likeness (QED) is 0.653. The molecular weight excluding hydrogens is 244 g/mol. The predicted octanol–water partition coefficient (Wildman–Crippen LogP) is -0.105. The zero-order valence-corrected chi connectivity index (χ0v) is 12.9. The minimum absolute atomic E-state index is 0.0312. The normalized spacial score (nSPS) is 30.8. The van der Waals surface area contributed by atoms with Crippen LogP contribution in [0.3, 0.4) is 0 Å². The standard InChI is InChI=1S/C14H30N2O3/c1-13(2)10-11(16(6-8-17)7-9-18)12(19)14(3,4)15(13)5/h11-12,17-19H,6-10H2,1-5H3. The van der Waals surface area contributed by atoms with E-state index in [4.69, 9.17) is 0 Å². The monoisotopic (exact) mass is 274 g/mol. The van der Waals surface area contributed by atoms with E-state index in [0.717, 1.165) is 6.42 Å². The van der Waals surface area contributed by atoms with Crippen LogP contribution in [0.5, 0.6) is 0 Å². The summed E-state index contributed by atoms with van der Waals surface area (Å²) in [4.78, 5) is 4.22. The molecule has 0 spiro atoms. The molecule has 2 atom stereocenters. The van der Waals surface area contributed by atoms with E-state index < -0.39 is 6.10 Å². The number of hydrogen-bond acceptors (Lipinski definition) is 5. The average Bonchev–Trinajstić information content (AvgIpc) is 2.32. The van der Waals surface area contributed by atoms with E-state index in [9.17, 15) is 15.3 Å². The Hall–Kier alpha value is -0.200. The highest BCUT2D eigenvalue weighted by molar-refractivity contribution is 5.07. The molecule has 0 aromatic heterocycles. The lowest BCUT2D eigenvalue weighted by molar-refractivity contribution is -0.136. The Bertz CT molecular complexity index is 288. The van der Waals surface area contributed by atoms with Crippen molar-refractivity contribution in [1.82, 2.24) is 9.80 Å². The van der Waals surface area contributed by atoms with Gasteiger partial charge in [0.2, 0.25) is 0 Å². The molecule has 5 heteroatoms. The van der Waals surface area contributed by atoms with Crippen LogP contribution in [0, 0.1) is 0 Å². The molecule has 0 saturated carbocycles. The molecule has 3 N–H and O–H groups in total. The largest absolute Gasteiger partial charge is 0.395 e. The van der Waals surface area contributed by atoms with Gasteiger partial charge in [0.05, 0.1) is 19.3 Å². The third-order valence-electron chi connectivity index (χ3n) is 4.81. The molecule has 0 aromatic rings. The van der Waals surface area contributed by atoms with E-state index >= 15 is 0 Å². The zero-order chi connectivity index (χ0) is 14.8. The number of rotatable bonds is 5. The van der Waals surface area contributed by atoms with Gasteiger partial charge in [-0.1, -0.05) is 0 Å². The highest BCUT2D eigenvalue weighted by Crippen LogP contribution is 2.39. The molecule has 1 saturated heterocycles. The van der Waals surface area contributed by atoms with Crippen LogP contribution >= 0.6 is 0 Å². The number of aliphatic hydroxyl groups excluding tert-OH is 3. The molecular formula is C14H30N2O3. The van der Waals surface area contributed by atoms with Crippen LogP contribution in [0.1, 0.15) is 34.1 Å². The van der Waals surface area contributed by atoms with E-state index in [-0.39, 0.29) is 30.3 Å². The maximum absolute atomic E-state index is 10.7. The molecule has 0 bridgehead atoms. The Kier molecular flexibility index (Phi) is 5.37. The van der Waals surface area contributed by atoms with Crippen LogP contribution in [0.25, 0.3) is 0 Å². The first-order valence-corrected chi connectivity index (χ1v) is 7.06. The summed E-state index contributed by atoms with van der Waals surface area (Å²) in [7, 11) is 2.04. The van der Waals surface area contributed by atoms with Gasteiger partial charge in [0.1, 0.15) is 0 Å². The maximum atomic E-state index is 10.7. The van der Waals surface area contributed by atoms with E-state index in [1.54, 1.807) is 0 Å². The number of likely N-dealkylation sites (tertiary alicyclic amines) is 1. The summed E-state index contributed by atoms with van der Waals surface area (Å²) >= 11 is 0. The summed E-state index contributed by atoms with van der Waals surface area (Å²) in [5, 5.41) is 29.0. The first kappa shape index (κ1) is 16.9. The van der Waals surface area contributed by atoms with Gasteiger partial charge in [-0.3, -0.25) is 9.80 Å². The summed E-state index contributed by atoms with van der Waals surface area (Å²) in [6.07, 6.45) is 0.303. The third kappa shape index (κ3) is 3.28. The molecule has 114 valence electrons. The number of piperidine rings is 1. The Morgan fingerprint density at radius 1 is 1.11 bits per heavy atom. The Balaban J connectivity index is 2.99. The van der Waals surface area contributed by atoms with Crippen LogP contribution in [0.15, 0.2) is 0 Å². The lowest BCUT2D eigenvalue weighted by Crippen LogP contribution is -2.70. The Labute approximate surface area is 116 Å². The van der Waals surface area contributed by atoms with Crippen LogP contribution < -0.4 is 0 Å².